The maximum Gasteiger partial charge on any atom is 0.125 e. The van der Waals surface area contributed by atoms with E-state index in [1.807, 2.05) is 60.7 Å². The maximum absolute atomic E-state index is 8.88. The molecule has 0 aliphatic rings. The highest BCUT2D eigenvalue weighted by molar-refractivity contribution is 5.21. The summed E-state index contributed by atoms with van der Waals surface area (Å²) >= 11 is 0. The summed E-state index contributed by atoms with van der Waals surface area (Å²) in [5, 5.41) is 8.88. The number of ether oxygens (including phenoxy) is 3. The Labute approximate surface area is 124 Å². The van der Waals surface area contributed by atoms with Crippen molar-refractivity contribution in [2.24, 2.45) is 0 Å². The molecule has 0 aromatic heterocycles. The van der Waals surface area contributed by atoms with Crippen LogP contribution in [0.5, 0.6) is 11.5 Å². The van der Waals surface area contributed by atoms with E-state index in [2.05, 4.69) is 0 Å². The summed E-state index contributed by atoms with van der Waals surface area (Å²) in [5.74, 6) is 1.57. The Kier molecular flexibility index (Phi) is 6.58. The average molecular weight is 288 g/mol. The molecular weight excluding hydrogens is 268 g/mol. The van der Waals surface area contributed by atoms with Crippen molar-refractivity contribution in [2.75, 3.05) is 26.4 Å². The lowest BCUT2D eigenvalue weighted by atomic mass is 10.3. The molecule has 0 spiro atoms. The molecule has 0 aliphatic carbocycles. The Morgan fingerprint density at radius 2 is 1.24 bits per heavy atom. The number of aliphatic hydroxyl groups excluding tert-OH is 1. The average Bonchev–Trinajstić information content (AvgIpc) is 2.56. The van der Waals surface area contributed by atoms with Gasteiger partial charge in [-0.2, -0.15) is 0 Å². The van der Waals surface area contributed by atoms with E-state index < -0.39 is 0 Å². The first-order valence-corrected chi connectivity index (χ1v) is 6.96. The second-order valence-electron chi connectivity index (χ2n) is 4.46. The first-order chi connectivity index (χ1) is 10.4. The standard InChI is InChI=1S/C17H20O4/c18-11-12-19-17(13-20-15-7-3-1-4-8-15)14-21-16-9-5-2-6-10-16/h1-10,17-18H,11-14H2. The number of hydrogen-bond acceptors (Lipinski definition) is 4. The maximum atomic E-state index is 8.88. The lowest BCUT2D eigenvalue weighted by Gasteiger charge is -2.18. The van der Waals surface area contributed by atoms with E-state index in [9.17, 15) is 0 Å². The molecule has 0 heterocycles. The van der Waals surface area contributed by atoms with Crippen LogP contribution >= 0.6 is 0 Å². The van der Waals surface area contributed by atoms with Crippen molar-refractivity contribution in [1.82, 2.24) is 0 Å². The number of aliphatic hydroxyl groups is 1. The van der Waals surface area contributed by atoms with Crippen molar-refractivity contribution in [3.05, 3.63) is 60.7 Å². The van der Waals surface area contributed by atoms with Crippen LogP contribution in [0.4, 0.5) is 0 Å². The van der Waals surface area contributed by atoms with E-state index >= 15 is 0 Å². The number of benzene rings is 2. The first kappa shape index (κ1) is 15.4. The van der Waals surface area contributed by atoms with Gasteiger partial charge in [0.2, 0.25) is 0 Å². The van der Waals surface area contributed by atoms with E-state index in [4.69, 9.17) is 19.3 Å². The molecule has 0 saturated carbocycles. The summed E-state index contributed by atoms with van der Waals surface area (Å²) in [6.45, 7) is 0.988. The zero-order valence-electron chi connectivity index (χ0n) is 11.9. The molecule has 2 aromatic rings. The summed E-state index contributed by atoms with van der Waals surface area (Å²) in [5.41, 5.74) is 0. The normalized spacial score (nSPS) is 10.6. The van der Waals surface area contributed by atoms with Gasteiger partial charge in [0.25, 0.3) is 0 Å². The van der Waals surface area contributed by atoms with Gasteiger partial charge in [0.05, 0.1) is 13.2 Å². The van der Waals surface area contributed by atoms with Crippen LogP contribution in [0.3, 0.4) is 0 Å². The van der Waals surface area contributed by atoms with E-state index in [-0.39, 0.29) is 19.3 Å². The fourth-order valence-corrected chi connectivity index (χ4v) is 1.78. The van der Waals surface area contributed by atoms with Gasteiger partial charge < -0.3 is 19.3 Å². The highest BCUT2D eigenvalue weighted by Gasteiger charge is 2.11. The molecule has 112 valence electrons. The van der Waals surface area contributed by atoms with Crippen LogP contribution in [0.2, 0.25) is 0 Å². The van der Waals surface area contributed by atoms with Gasteiger partial charge in [0, 0.05) is 0 Å². The van der Waals surface area contributed by atoms with E-state index in [0.717, 1.165) is 11.5 Å². The van der Waals surface area contributed by atoms with Gasteiger partial charge in [-0.05, 0) is 24.3 Å². The molecule has 0 fully saturated rings. The van der Waals surface area contributed by atoms with Crippen molar-refractivity contribution in [3.8, 4) is 11.5 Å². The zero-order chi connectivity index (χ0) is 14.8. The summed E-state index contributed by atoms with van der Waals surface area (Å²) < 4.78 is 16.9. The third-order valence-electron chi connectivity index (χ3n) is 2.80. The quantitative estimate of drug-likeness (QED) is 0.770. The van der Waals surface area contributed by atoms with Crippen LogP contribution in [-0.2, 0) is 4.74 Å². The predicted molar refractivity (Wildman–Crippen MR) is 80.7 cm³/mol. The fraction of sp³-hybridized carbons (Fsp3) is 0.294. The lowest BCUT2D eigenvalue weighted by Crippen LogP contribution is -2.29. The lowest BCUT2D eigenvalue weighted by molar-refractivity contribution is -0.0205. The minimum absolute atomic E-state index is 0.0207. The van der Waals surface area contributed by atoms with Gasteiger partial charge in [-0.25, -0.2) is 0 Å². The molecule has 0 unspecified atom stereocenters. The monoisotopic (exact) mass is 288 g/mol. The number of para-hydroxylation sites is 2. The van der Waals surface area contributed by atoms with Crippen molar-refractivity contribution in [2.45, 2.75) is 6.10 Å². The van der Waals surface area contributed by atoms with Gasteiger partial charge in [0.15, 0.2) is 0 Å². The van der Waals surface area contributed by atoms with Gasteiger partial charge in [-0.1, -0.05) is 36.4 Å². The second-order valence-corrected chi connectivity index (χ2v) is 4.46. The molecule has 4 heteroatoms. The summed E-state index contributed by atoms with van der Waals surface area (Å²) in [4.78, 5) is 0. The van der Waals surface area contributed by atoms with Crippen LogP contribution in [0.15, 0.2) is 60.7 Å². The Hall–Kier alpha value is -2.04. The number of hydrogen-bond donors (Lipinski definition) is 1. The van der Waals surface area contributed by atoms with Crippen LogP contribution in [0.1, 0.15) is 0 Å². The topological polar surface area (TPSA) is 47.9 Å². The summed E-state index contributed by atoms with van der Waals surface area (Å²) in [7, 11) is 0. The molecule has 0 atom stereocenters. The highest BCUT2D eigenvalue weighted by Crippen LogP contribution is 2.12. The molecule has 0 amide bonds. The predicted octanol–water partition coefficient (Wildman–Crippen LogP) is 2.52. The van der Waals surface area contributed by atoms with Crippen LogP contribution in [0.25, 0.3) is 0 Å². The smallest absolute Gasteiger partial charge is 0.125 e. The summed E-state index contributed by atoms with van der Waals surface area (Å²) in [6.07, 6.45) is -0.238. The highest BCUT2D eigenvalue weighted by atomic mass is 16.6. The first-order valence-electron chi connectivity index (χ1n) is 6.96. The van der Waals surface area contributed by atoms with E-state index in [0.29, 0.717) is 13.2 Å². The third kappa shape index (κ3) is 5.85. The molecule has 0 bridgehead atoms. The van der Waals surface area contributed by atoms with E-state index in [1.54, 1.807) is 0 Å². The number of rotatable bonds is 9. The minimum Gasteiger partial charge on any atom is -0.491 e. The van der Waals surface area contributed by atoms with Gasteiger partial charge in [0.1, 0.15) is 30.8 Å². The molecule has 0 radical (unpaired) electrons. The Morgan fingerprint density at radius 3 is 1.67 bits per heavy atom. The zero-order valence-corrected chi connectivity index (χ0v) is 11.9. The third-order valence-corrected chi connectivity index (χ3v) is 2.80. The molecule has 21 heavy (non-hydrogen) atoms. The molecule has 4 nitrogen and oxygen atoms in total. The Morgan fingerprint density at radius 1 is 0.762 bits per heavy atom. The van der Waals surface area contributed by atoms with E-state index in [1.165, 1.54) is 0 Å². The van der Waals surface area contributed by atoms with Crippen LogP contribution in [-0.4, -0.2) is 37.6 Å². The fourth-order valence-electron chi connectivity index (χ4n) is 1.78. The van der Waals surface area contributed by atoms with Gasteiger partial charge in [-0.3, -0.25) is 0 Å². The molecule has 0 aliphatic heterocycles. The van der Waals surface area contributed by atoms with Crippen molar-refractivity contribution in [1.29, 1.82) is 0 Å². The Balaban J connectivity index is 1.82. The van der Waals surface area contributed by atoms with Gasteiger partial charge >= 0.3 is 0 Å². The molecule has 2 aromatic carbocycles. The minimum atomic E-state index is -0.238. The van der Waals surface area contributed by atoms with Gasteiger partial charge in [-0.15, -0.1) is 0 Å². The van der Waals surface area contributed by atoms with Crippen LogP contribution in [0, 0.1) is 0 Å². The SMILES string of the molecule is OCCOC(COc1ccccc1)COc1ccccc1. The molecule has 0 saturated heterocycles. The largest absolute Gasteiger partial charge is 0.491 e. The van der Waals surface area contributed by atoms with Crippen LogP contribution < -0.4 is 9.47 Å². The summed E-state index contributed by atoms with van der Waals surface area (Å²) in [6, 6.07) is 19.1. The Bertz CT molecular complexity index is 443. The molecule has 2 rings (SSSR count). The van der Waals surface area contributed by atoms with Crippen molar-refractivity contribution < 1.29 is 19.3 Å². The second kappa shape index (κ2) is 9.00. The van der Waals surface area contributed by atoms with Crippen molar-refractivity contribution >= 4 is 0 Å². The van der Waals surface area contributed by atoms with Crippen molar-refractivity contribution in [3.63, 3.8) is 0 Å². The molecule has 1 N–H and O–H groups in total. The molecular formula is C17H20O4.